The maximum Gasteiger partial charge on any atom is 0.353 e. The quantitative estimate of drug-likeness (QED) is 0.559. The van der Waals surface area contributed by atoms with E-state index in [1.165, 1.54) is 16.7 Å². The summed E-state index contributed by atoms with van der Waals surface area (Å²) >= 11 is 1.45. The van der Waals surface area contributed by atoms with E-state index in [4.69, 9.17) is 0 Å². The molecule has 0 bridgehead atoms. The standard InChI is InChI=1S/C17H25N3O5S/c1-7-12-11(8(2)21)16(23)20(12)13(17(24)25)14(7)26-9-5-10(18-6-9)15(22)19(3)4/h7-12,18,21H,5-6H2,1-4H3,(H,24,25)/t7-,8-,9+,10+,11-,12+/m1/s1. The van der Waals surface area contributed by atoms with E-state index in [0.29, 0.717) is 17.9 Å². The maximum absolute atomic E-state index is 12.3. The summed E-state index contributed by atoms with van der Waals surface area (Å²) in [5, 5.41) is 22.8. The molecule has 3 rings (SSSR count). The number of aliphatic carboxylic acids is 1. The van der Waals surface area contributed by atoms with Crippen molar-refractivity contribution in [3.63, 3.8) is 0 Å². The van der Waals surface area contributed by atoms with E-state index in [-0.39, 0.29) is 40.8 Å². The van der Waals surface area contributed by atoms with Crippen molar-refractivity contribution in [3.8, 4) is 0 Å². The fraction of sp³-hybridized carbons (Fsp3) is 0.706. The van der Waals surface area contributed by atoms with Gasteiger partial charge < -0.3 is 25.3 Å². The zero-order valence-corrected chi connectivity index (χ0v) is 16.1. The summed E-state index contributed by atoms with van der Waals surface area (Å²) < 4.78 is 0. The molecule has 3 N–H and O–H groups in total. The summed E-state index contributed by atoms with van der Waals surface area (Å²) in [5.74, 6) is -2.14. The number of thioether (sulfide) groups is 1. The predicted octanol–water partition coefficient (Wildman–Crippen LogP) is -0.308. The second-order valence-corrected chi connectivity index (χ2v) is 8.78. The highest BCUT2D eigenvalue weighted by atomic mass is 32.2. The van der Waals surface area contributed by atoms with Gasteiger partial charge in [-0.05, 0) is 13.3 Å². The van der Waals surface area contributed by atoms with Gasteiger partial charge in [-0.15, -0.1) is 11.8 Å². The van der Waals surface area contributed by atoms with Gasteiger partial charge in [-0.2, -0.15) is 0 Å². The van der Waals surface area contributed by atoms with Gasteiger partial charge >= 0.3 is 5.97 Å². The number of carbonyl (C=O) groups is 3. The van der Waals surface area contributed by atoms with Gasteiger partial charge in [-0.3, -0.25) is 9.59 Å². The largest absolute Gasteiger partial charge is 0.477 e. The molecule has 9 heteroatoms. The Morgan fingerprint density at radius 3 is 2.58 bits per heavy atom. The van der Waals surface area contributed by atoms with E-state index in [1.54, 1.807) is 25.9 Å². The Morgan fingerprint density at radius 1 is 1.38 bits per heavy atom. The lowest BCUT2D eigenvalue weighted by molar-refractivity contribution is -0.163. The first kappa shape index (κ1) is 19.2. The minimum atomic E-state index is -1.12. The molecule has 2 amide bonds. The number of β-lactam (4-membered cyclic amide) rings is 1. The molecular weight excluding hydrogens is 358 g/mol. The number of hydrogen-bond donors (Lipinski definition) is 3. The fourth-order valence-corrected chi connectivity index (χ4v) is 5.63. The Bertz CT molecular complexity index is 677. The van der Waals surface area contributed by atoms with E-state index < -0.39 is 18.0 Å². The topological polar surface area (TPSA) is 110 Å². The number of nitrogens with one attached hydrogen (secondary N) is 1. The number of rotatable bonds is 5. The lowest BCUT2D eigenvalue weighted by Gasteiger charge is -2.46. The fourth-order valence-electron chi connectivity index (χ4n) is 4.15. The average Bonchev–Trinajstić information content (AvgIpc) is 3.09. The summed E-state index contributed by atoms with van der Waals surface area (Å²) in [6.45, 7) is 4.08. The third-order valence-electron chi connectivity index (χ3n) is 5.43. The monoisotopic (exact) mass is 383 g/mol. The third-order valence-corrected chi connectivity index (χ3v) is 6.95. The van der Waals surface area contributed by atoms with Crippen molar-refractivity contribution >= 4 is 29.5 Å². The minimum absolute atomic E-state index is 0.00757. The summed E-state index contributed by atoms with van der Waals surface area (Å²) in [7, 11) is 3.42. The van der Waals surface area contributed by atoms with Gasteiger partial charge in [0.25, 0.3) is 0 Å². The van der Waals surface area contributed by atoms with Crippen LogP contribution in [0.5, 0.6) is 0 Å². The van der Waals surface area contributed by atoms with Crippen LogP contribution in [0.2, 0.25) is 0 Å². The van der Waals surface area contributed by atoms with E-state index in [0.717, 1.165) is 0 Å². The van der Waals surface area contributed by atoms with E-state index in [9.17, 15) is 24.6 Å². The highest BCUT2D eigenvalue weighted by Gasteiger charge is 2.60. The van der Waals surface area contributed by atoms with Gasteiger partial charge in [0.1, 0.15) is 5.70 Å². The average molecular weight is 383 g/mol. The molecule has 26 heavy (non-hydrogen) atoms. The molecule has 0 spiro atoms. The van der Waals surface area contributed by atoms with Crippen LogP contribution in [0.3, 0.4) is 0 Å². The molecule has 3 aliphatic rings. The third kappa shape index (κ3) is 2.91. The summed E-state index contributed by atoms with van der Waals surface area (Å²) in [6.07, 6.45) is -0.190. The molecule has 0 aromatic carbocycles. The highest BCUT2D eigenvalue weighted by molar-refractivity contribution is 8.03. The number of amides is 2. The van der Waals surface area contributed by atoms with Crippen molar-refractivity contribution in [2.24, 2.45) is 11.8 Å². The Morgan fingerprint density at radius 2 is 2.04 bits per heavy atom. The molecule has 2 saturated heterocycles. The molecule has 0 aliphatic carbocycles. The summed E-state index contributed by atoms with van der Waals surface area (Å²) in [4.78, 5) is 39.8. The SMILES string of the molecule is C[C@@H](O)[C@H]1C(=O)N2C(C(=O)O)=C(S[C@@H]3CN[C@H](C(=O)N(C)C)C3)[C@H](C)[C@@H]12. The Labute approximate surface area is 156 Å². The highest BCUT2D eigenvalue weighted by Crippen LogP contribution is 2.51. The zero-order chi connectivity index (χ0) is 19.3. The molecular formula is C17H25N3O5S. The van der Waals surface area contributed by atoms with Crippen molar-refractivity contribution in [2.45, 2.75) is 43.7 Å². The molecule has 0 aromatic rings. The normalized spacial score (nSPS) is 34.6. The second-order valence-electron chi connectivity index (χ2n) is 7.44. The van der Waals surface area contributed by atoms with Crippen LogP contribution in [0, 0.1) is 11.8 Å². The van der Waals surface area contributed by atoms with Crippen molar-refractivity contribution in [1.29, 1.82) is 0 Å². The zero-order valence-electron chi connectivity index (χ0n) is 15.3. The molecule has 0 unspecified atom stereocenters. The molecule has 8 nitrogen and oxygen atoms in total. The first-order valence-corrected chi connectivity index (χ1v) is 9.62. The van der Waals surface area contributed by atoms with E-state index in [2.05, 4.69) is 5.32 Å². The molecule has 3 heterocycles. The van der Waals surface area contributed by atoms with Crippen LogP contribution in [-0.4, -0.2) is 81.9 Å². The molecule has 144 valence electrons. The van der Waals surface area contributed by atoms with Crippen molar-refractivity contribution in [1.82, 2.24) is 15.1 Å². The van der Waals surface area contributed by atoms with Gasteiger partial charge in [-0.25, -0.2) is 4.79 Å². The number of likely N-dealkylation sites (N-methyl/N-ethyl adjacent to an activating group) is 1. The van der Waals surface area contributed by atoms with Gasteiger partial charge in [0, 0.05) is 36.7 Å². The summed E-state index contributed by atoms with van der Waals surface area (Å²) in [6, 6.07) is -0.568. The lowest BCUT2D eigenvalue weighted by atomic mass is 9.79. The number of aliphatic hydroxyl groups excluding tert-OH is 1. The molecule has 3 aliphatic heterocycles. The van der Waals surface area contributed by atoms with Crippen LogP contribution in [0.25, 0.3) is 0 Å². The first-order chi connectivity index (χ1) is 12.1. The lowest BCUT2D eigenvalue weighted by Crippen LogP contribution is -2.63. The van der Waals surface area contributed by atoms with Crippen LogP contribution >= 0.6 is 11.8 Å². The number of carboxylic acid groups (broad SMARTS) is 1. The van der Waals surface area contributed by atoms with Gasteiger partial charge in [0.15, 0.2) is 0 Å². The molecule has 0 radical (unpaired) electrons. The number of fused-ring (bicyclic) bond motifs is 1. The van der Waals surface area contributed by atoms with E-state index in [1.807, 2.05) is 6.92 Å². The Hall–Kier alpha value is -1.58. The van der Waals surface area contributed by atoms with Crippen molar-refractivity contribution < 1.29 is 24.6 Å². The summed E-state index contributed by atoms with van der Waals surface area (Å²) in [5.41, 5.74) is 0.0387. The van der Waals surface area contributed by atoms with Crippen LogP contribution in [0.4, 0.5) is 0 Å². The van der Waals surface area contributed by atoms with Crippen molar-refractivity contribution in [3.05, 3.63) is 10.6 Å². The van der Waals surface area contributed by atoms with E-state index >= 15 is 0 Å². The van der Waals surface area contributed by atoms with Crippen LogP contribution in [0.15, 0.2) is 10.6 Å². The van der Waals surface area contributed by atoms with Crippen LogP contribution in [0.1, 0.15) is 20.3 Å². The molecule has 0 saturated carbocycles. The first-order valence-electron chi connectivity index (χ1n) is 8.75. The number of carboxylic acids is 1. The number of aliphatic hydroxyl groups is 1. The second kappa shape index (κ2) is 6.86. The Kier molecular flexibility index (Phi) is 5.06. The number of nitrogens with zero attached hydrogens (tertiary/aromatic N) is 2. The molecule has 6 atom stereocenters. The van der Waals surface area contributed by atoms with Crippen LogP contribution < -0.4 is 5.32 Å². The molecule has 0 aromatic heterocycles. The number of carbonyl (C=O) groups excluding carboxylic acids is 2. The minimum Gasteiger partial charge on any atom is -0.477 e. The molecule has 2 fully saturated rings. The van der Waals surface area contributed by atoms with Crippen LogP contribution in [-0.2, 0) is 14.4 Å². The Balaban J connectivity index is 1.78. The van der Waals surface area contributed by atoms with Gasteiger partial charge in [-0.1, -0.05) is 6.92 Å². The van der Waals surface area contributed by atoms with Crippen molar-refractivity contribution in [2.75, 3.05) is 20.6 Å². The smallest absolute Gasteiger partial charge is 0.353 e. The maximum atomic E-state index is 12.3. The predicted molar refractivity (Wildman–Crippen MR) is 96.1 cm³/mol. The number of hydrogen-bond acceptors (Lipinski definition) is 6. The van der Waals surface area contributed by atoms with Gasteiger partial charge in [0.05, 0.1) is 24.1 Å². The van der Waals surface area contributed by atoms with Gasteiger partial charge in [0.2, 0.25) is 11.8 Å².